The number of rotatable bonds is 7. The maximum atomic E-state index is 13.1. The van der Waals surface area contributed by atoms with Crippen molar-refractivity contribution < 1.29 is 13.9 Å². The first-order chi connectivity index (χ1) is 12.2. The standard InChI is InChI=1S/C17H18FN5O2/c1-24-16(25-2)10-20-15-8-7-14(9-19-15)23-17(21-11-22-23)12-3-5-13(18)6-4-12/h3-9,11,16H,10H2,1-2H3,(H,19,20). The van der Waals surface area contributed by atoms with Crippen LogP contribution in [-0.2, 0) is 9.47 Å². The van der Waals surface area contributed by atoms with Gasteiger partial charge in [-0.15, -0.1) is 0 Å². The van der Waals surface area contributed by atoms with Crippen LogP contribution in [0.5, 0.6) is 0 Å². The van der Waals surface area contributed by atoms with Crippen LogP contribution in [0.15, 0.2) is 48.9 Å². The third-order valence-corrected chi connectivity index (χ3v) is 3.62. The SMILES string of the molecule is COC(CNc1ccc(-n2ncnc2-c2ccc(F)cc2)cn1)OC. The Morgan fingerprint density at radius 2 is 1.84 bits per heavy atom. The van der Waals surface area contributed by atoms with Crippen molar-refractivity contribution in [3.63, 3.8) is 0 Å². The third-order valence-electron chi connectivity index (χ3n) is 3.62. The van der Waals surface area contributed by atoms with E-state index in [-0.39, 0.29) is 12.1 Å². The number of aromatic nitrogens is 4. The molecule has 2 aromatic heterocycles. The second-order valence-electron chi connectivity index (χ2n) is 5.19. The smallest absolute Gasteiger partial charge is 0.173 e. The average Bonchev–Trinajstić information content (AvgIpc) is 3.13. The predicted molar refractivity (Wildman–Crippen MR) is 90.8 cm³/mol. The zero-order valence-electron chi connectivity index (χ0n) is 13.9. The van der Waals surface area contributed by atoms with E-state index in [2.05, 4.69) is 20.4 Å². The van der Waals surface area contributed by atoms with E-state index in [1.54, 1.807) is 37.2 Å². The van der Waals surface area contributed by atoms with Gasteiger partial charge in [0, 0.05) is 19.8 Å². The Morgan fingerprint density at radius 3 is 2.48 bits per heavy atom. The van der Waals surface area contributed by atoms with Crippen LogP contribution >= 0.6 is 0 Å². The van der Waals surface area contributed by atoms with Crippen molar-refractivity contribution >= 4 is 5.82 Å². The molecule has 0 bridgehead atoms. The number of ether oxygens (including phenoxy) is 2. The number of hydrogen-bond acceptors (Lipinski definition) is 6. The molecule has 0 spiro atoms. The maximum Gasteiger partial charge on any atom is 0.173 e. The van der Waals surface area contributed by atoms with Gasteiger partial charge in [0.05, 0.1) is 18.4 Å². The third kappa shape index (κ3) is 3.98. The summed E-state index contributed by atoms with van der Waals surface area (Å²) < 4.78 is 25.0. The predicted octanol–water partition coefficient (Wildman–Crippen LogP) is 2.50. The van der Waals surface area contributed by atoms with Crippen LogP contribution in [0.3, 0.4) is 0 Å². The van der Waals surface area contributed by atoms with E-state index >= 15 is 0 Å². The van der Waals surface area contributed by atoms with E-state index in [0.29, 0.717) is 18.2 Å². The van der Waals surface area contributed by atoms with Crippen LogP contribution in [0.2, 0.25) is 0 Å². The van der Waals surface area contributed by atoms with Crippen molar-refractivity contribution in [1.29, 1.82) is 0 Å². The normalized spacial score (nSPS) is 11.0. The summed E-state index contributed by atoms with van der Waals surface area (Å²) in [6.45, 7) is 0.476. The molecule has 8 heteroatoms. The molecule has 0 aliphatic heterocycles. The fourth-order valence-corrected chi connectivity index (χ4v) is 2.29. The van der Waals surface area contributed by atoms with Gasteiger partial charge in [-0.3, -0.25) is 0 Å². The topological polar surface area (TPSA) is 74.1 Å². The van der Waals surface area contributed by atoms with E-state index in [9.17, 15) is 4.39 Å². The first kappa shape index (κ1) is 17.0. The van der Waals surface area contributed by atoms with E-state index in [0.717, 1.165) is 11.3 Å². The molecule has 1 N–H and O–H groups in total. The molecule has 0 atom stereocenters. The quantitative estimate of drug-likeness (QED) is 0.665. The van der Waals surface area contributed by atoms with Gasteiger partial charge in [0.2, 0.25) is 0 Å². The average molecular weight is 343 g/mol. The Balaban J connectivity index is 1.77. The first-order valence-electron chi connectivity index (χ1n) is 7.63. The molecule has 3 rings (SSSR count). The minimum atomic E-state index is -0.345. The largest absolute Gasteiger partial charge is 0.365 e. The summed E-state index contributed by atoms with van der Waals surface area (Å²) in [7, 11) is 3.15. The molecule has 0 radical (unpaired) electrons. The molecule has 0 aliphatic rings. The summed E-state index contributed by atoms with van der Waals surface area (Å²) in [6, 6.07) is 9.80. The number of nitrogens with one attached hydrogen (secondary N) is 1. The molecule has 2 heterocycles. The number of nitrogens with zero attached hydrogens (tertiary/aromatic N) is 4. The Kier molecular flexibility index (Phi) is 5.32. The van der Waals surface area contributed by atoms with Gasteiger partial charge in [-0.2, -0.15) is 5.10 Å². The van der Waals surface area contributed by atoms with Crippen LogP contribution in [0, 0.1) is 5.82 Å². The molecular formula is C17H18FN5O2. The highest BCUT2D eigenvalue weighted by Crippen LogP contribution is 2.20. The molecule has 3 aromatic rings. The van der Waals surface area contributed by atoms with Crippen LogP contribution in [-0.4, -0.2) is 46.8 Å². The van der Waals surface area contributed by atoms with Gasteiger partial charge in [-0.1, -0.05) is 0 Å². The molecule has 0 saturated heterocycles. The van der Waals surface area contributed by atoms with Gasteiger partial charge < -0.3 is 14.8 Å². The molecule has 25 heavy (non-hydrogen) atoms. The van der Waals surface area contributed by atoms with Crippen LogP contribution in [0.25, 0.3) is 17.1 Å². The highest BCUT2D eigenvalue weighted by atomic mass is 19.1. The van der Waals surface area contributed by atoms with Crippen molar-refractivity contribution in [2.24, 2.45) is 0 Å². The second kappa shape index (κ2) is 7.82. The van der Waals surface area contributed by atoms with Crippen molar-refractivity contribution in [2.75, 3.05) is 26.1 Å². The highest BCUT2D eigenvalue weighted by Gasteiger charge is 2.10. The fourth-order valence-electron chi connectivity index (χ4n) is 2.29. The van der Waals surface area contributed by atoms with Crippen LogP contribution in [0.4, 0.5) is 10.2 Å². The van der Waals surface area contributed by atoms with Gasteiger partial charge in [-0.25, -0.2) is 19.0 Å². The summed E-state index contributed by atoms with van der Waals surface area (Å²) >= 11 is 0. The highest BCUT2D eigenvalue weighted by molar-refractivity contribution is 5.57. The Bertz CT molecular complexity index is 801. The molecule has 7 nitrogen and oxygen atoms in total. The molecule has 0 aliphatic carbocycles. The monoisotopic (exact) mass is 343 g/mol. The van der Waals surface area contributed by atoms with Crippen molar-refractivity contribution in [3.8, 4) is 17.1 Å². The molecular weight excluding hydrogens is 325 g/mol. The van der Waals surface area contributed by atoms with Crippen molar-refractivity contribution in [2.45, 2.75) is 6.29 Å². The van der Waals surface area contributed by atoms with Crippen molar-refractivity contribution in [3.05, 3.63) is 54.7 Å². The Morgan fingerprint density at radius 1 is 1.08 bits per heavy atom. The fraction of sp³-hybridized carbons (Fsp3) is 0.235. The second-order valence-corrected chi connectivity index (χ2v) is 5.19. The van der Waals surface area contributed by atoms with Crippen LogP contribution in [0.1, 0.15) is 0 Å². The van der Waals surface area contributed by atoms with Crippen molar-refractivity contribution in [1.82, 2.24) is 19.7 Å². The number of halogens is 1. The summed E-state index contributed by atoms with van der Waals surface area (Å²) in [4.78, 5) is 8.60. The van der Waals surface area contributed by atoms with Gasteiger partial charge in [0.15, 0.2) is 12.1 Å². The van der Waals surface area contributed by atoms with Gasteiger partial charge in [-0.05, 0) is 36.4 Å². The molecule has 130 valence electrons. The number of pyridine rings is 1. The Labute approximate surface area is 144 Å². The Hall–Kier alpha value is -2.84. The van der Waals surface area contributed by atoms with Gasteiger partial charge in [0.25, 0.3) is 0 Å². The molecule has 1 aromatic carbocycles. The molecule has 0 unspecified atom stereocenters. The summed E-state index contributed by atoms with van der Waals surface area (Å²) in [5.41, 5.74) is 1.52. The lowest BCUT2D eigenvalue weighted by atomic mass is 10.2. The minimum absolute atomic E-state index is 0.294. The minimum Gasteiger partial charge on any atom is -0.365 e. The van der Waals surface area contributed by atoms with E-state index in [1.807, 2.05) is 12.1 Å². The van der Waals surface area contributed by atoms with Crippen LogP contribution < -0.4 is 5.32 Å². The number of methoxy groups -OCH3 is 2. The number of anilines is 1. The lowest BCUT2D eigenvalue weighted by Crippen LogP contribution is -2.23. The van der Waals surface area contributed by atoms with E-state index in [1.165, 1.54) is 18.5 Å². The lowest BCUT2D eigenvalue weighted by Gasteiger charge is -2.14. The number of benzene rings is 1. The van der Waals surface area contributed by atoms with Gasteiger partial charge >= 0.3 is 0 Å². The van der Waals surface area contributed by atoms with E-state index in [4.69, 9.17) is 9.47 Å². The lowest BCUT2D eigenvalue weighted by molar-refractivity contribution is -0.0914. The summed E-state index contributed by atoms with van der Waals surface area (Å²) in [6.07, 6.45) is 2.78. The zero-order chi connectivity index (χ0) is 17.6. The van der Waals surface area contributed by atoms with Gasteiger partial charge in [0.1, 0.15) is 18.0 Å². The maximum absolute atomic E-state index is 13.1. The zero-order valence-corrected chi connectivity index (χ0v) is 13.9. The molecule has 0 saturated carbocycles. The number of hydrogen-bond donors (Lipinski definition) is 1. The first-order valence-corrected chi connectivity index (χ1v) is 7.63. The van der Waals surface area contributed by atoms with E-state index < -0.39 is 0 Å². The summed E-state index contributed by atoms with van der Waals surface area (Å²) in [5.74, 6) is 1.00. The molecule has 0 amide bonds. The molecule has 0 fully saturated rings. The summed E-state index contributed by atoms with van der Waals surface area (Å²) in [5, 5.41) is 7.35.